The Balaban J connectivity index is 1.64. The summed E-state index contributed by atoms with van der Waals surface area (Å²) < 4.78 is 6.50. The highest BCUT2D eigenvalue weighted by molar-refractivity contribution is 5.64. The van der Waals surface area contributed by atoms with Gasteiger partial charge in [-0.25, -0.2) is 0 Å². The number of benzene rings is 2. The van der Waals surface area contributed by atoms with Crippen molar-refractivity contribution in [2.45, 2.75) is 51.7 Å². The lowest BCUT2D eigenvalue weighted by Gasteiger charge is -2.42. The number of nitrogens with zero attached hydrogens (tertiary/aromatic N) is 1. The van der Waals surface area contributed by atoms with Gasteiger partial charge in [-0.1, -0.05) is 66.6 Å². The Morgan fingerprint density at radius 3 is 2.42 bits per heavy atom. The number of ether oxygens (including phenoxy) is 1. The van der Waals surface area contributed by atoms with Crippen LogP contribution in [-0.2, 0) is 11.3 Å². The maximum atomic E-state index is 6.50. The van der Waals surface area contributed by atoms with Crippen molar-refractivity contribution in [1.82, 2.24) is 4.90 Å². The smallest absolute Gasteiger partial charge is 0.127 e. The second-order valence-electron chi connectivity index (χ2n) is 7.65. The largest absolute Gasteiger partial charge is 0.488 e. The van der Waals surface area contributed by atoms with E-state index >= 15 is 0 Å². The minimum atomic E-state index is 0.575. The van der Waals surface area contributed by atoms with Crippen LogP contribution in [0.3, 0.4) is 0 Å². The van der Waals surface area contributed by atoms with Crippen LogP contribution in [0, 0.1) is 6.92 Å². The minimum Gasteiger partial charge on any atom is -0.488 e. The fourth-order valence-corrected chi connectivity index (χ4v) is 4.10. The standard InChI is InChI=1S/C24H29NO/c1-19-12-14-20(15-13-19)18-26-24(21-8-3-2-4-9-21)22-10-5-6-11-23(22)25-16-7-17-25/h2-4,8-9,12-15,23H,5-7,10-11,16-18H2,1H3. The molecule has 1 aliphatic carbocycles. The van der Waals surface area contributed by atoms with E-state index in [2.05, 4.69) is 66.4 Å². The molecule has 2 heteroatoms. The minimum absolute atomic E-state index is 0.575. The van der Waals surface area contributed by atoms with Crippen molar-refractivity contribution in [3.05, 3.63) is 76.9 Å². The highest BCUT2D eigenvalue weighted by Gasteiger charge is 2.31. The summed E-state index contributed by atoms with van der Waals surface area (Å²) in [6, 6.07) is 20.0. The SMILES string of the molecule is Cc1ccc(COC(=C2CCCCC2N2CCC2)c2ccccc2)cc1. The second kappa shape index (κ2) is 8.09. The summed E-state index contributed by atoms with van der Waals surface area (Å²) in [5.74, 6) is 1.13. The number of aryl methyl sites for hydroxylation is 1. The van der Waals surface area contributed by atoms with Crippen LogP contribution in [0.5, 0.6) is 0 Å². The van der Waals surface area contributed by atoms with E-state index in [1.807, 2.05) is 0 Å². The Bertz CT molecular complexity index is 744. The molecule has 0 N–H and O–H groups in total. The molecule has 0 aromatic heterocycles. The molecule has 0 radical (unpaired) electrons. The molecule has 2 aromatic rings. The van der Waals surface area contributed by atoms with Gasteiger partial charge >= 0.3 is 0 Å². The molecule has 26 heavy (non-hydrogen) atoms. The van der Waals surface area contributed by atoms with Crippen LogP contribution >= 0.6 is 0 Å². The van der Waals surface area contributed by atoms with Gasteiger partial charge < -0.3 is 4.74 Å². The zero-order valence-corrected chi connectivity index (χ0v) is 15.8. The van der Waals surface area contributed by atoms with Crippen molar-refractivity contribution in [1.29, 1.82) is 0 Å². The molecule has 2 aliphatic rings. The van der Waals surface area contributed by atoms with Gasteiger partial charge in [-0.15, -0.1) is 0 Å². The summed E-state index contributed by atoms with van der Waals surface area (Å²) in [4.78, 5) is 2.65. The zero-order valence-electron chi connectivity index (χ0n) is 15.8. The summed E-state index contributed by atoms with van der Waals surface area (Å²) in [6.45, 7) is 5.25. The Morgan fingerprint density at radius 2 is 1.73 bits per heavy atom. The summed E-state index contributed by atoms with van der Waals surface area (Å²) >= 11 is 0. The Morgan fingerprint density at radius 1 is 0.962 bits per heavy atom. The van der Waals surface area contributed by atoms with E-state index in [4.69, 9.17) is 4.74 Å². The molecule has 136 valence electrons. The predicted octanol–water partition coefficient (Wildman–Crippen LogP) is 5.57. The molecule has 0 spiro atoms. The third-order valence-electron chi connectivity index (χ3n) is 5.74. The highest BCUT2D eigenvalue weighted by atomic mass is 16.5. The molecule has 0 amide bonds. The maximum Gasteiger partial charge on any atom is 0.127 e. The van der Waals surface area contributed by atoms with Gasteiger partial charge in [0, 0.05) is 11.6 Å². The summed E-state index contributed by atoms with van der Waals surface area (Å²) in [6.07, 6.45) is 6.40. The summed E-state index contributed by atoms with van der Waals surface area (Å²) in [5, 5.41) is 0. The molecule has 1 saturated heterocycles. The van der Waals surface area contributed by atoms with E-state index in [1.165, 1.54) is 67.5 Å². The molecule has 1 atom stereocenters. The predicted molar refractivity (Wildman–Crippen MR) is 108 cm³/mol. The van der Waals surface area contributed by atoms with Crippen molar-refractivity contribution >= 4 is 5.76 Å². The van der Waals surface area contributed by atoms with Crippen LogP contribution in [0.2, 0.25) is 0 Å². The lowest BCUT2D eigenvalue weighted by atomic mass is 9.85. The van der Waals surface area contributed by atoms with Crippen molar-refractivity contribution in [3.8, 4) is 0 Å². The number of rotatable bonds is 5. The van der Waals surface area contributed by atoms with Crippen LogP contribution in [0.25, 0.3) is 5.76 Å². The van der Waals surface area contributed by atoms with E-state index in [9.17, 15) is 0 Å². The third kappa shape index (κ3) is 3.86. The maximum absolute atomic E-state index is 6.50. The fraction of sp³-hybridized carbons (Fsp3) is 0.417. The van der Waals surface area contributed by atoms with Crippen molar-refractivity contribution < 1.29 is 4.74 Å². The first-order valence-corrected chi connectivity index (χ1v) is 10.0. The van der Waals surface area contributed by atoms with E-state index in [1.54, 1.807) is 0 Å². The van der Waals surface area contributed by atoms with E-state index < -0.39 is 0 Å². The van der Waals surface area contributed by atoms with Crippen LogP contribution in [-0.4, -0.2) is 24.0 Å². The first-order chi connectivity index (χ1) is 12.8. The van der Waals surface area contributed by atoms with Gasteiger partial charge in [0.15, 0.2) is 0 Å². The van der Waals surface area contributed by atoms with Crippen LogP contribution in [0.1, 0.15) is 48.8 Å². The lowest BCUT2D eigenvalue weighted by molar-refractivity contribution is 0.118. The zero-order chi connectivity index (χ0) is 17.8. The Labute approximate surface area is 157 Å². The Kier molecular flexibility index (Phi) is 5.40. The lowest BCUT2D eigenvalue weighted by Crippen LogP contribution is -2.47. The molecule has 2 aromatic carbocycles. The van der Waals surface area contributed by atoms with E-state index in [0.29, 0.717) is 12.6 Å². The van der Waals surface area contributed by atoms with Crippen LogP contribution in [0.4, 0.5) is 0 Å². The molecule has 2 nitrogen and oxygen atoms in total. The van der Waals surface area contributed by atoms with Crippen molar-refractivity contribution in [3.63, 3.8) is 0 Å². The molecular formula is C24H29NO. The van der Waals surface area contributed by atoms with Gasteiger partial charge in [0.05, 0.1) is 0 Å². The van der Waals surface area contributed by atoms with Gasteiger partial charge in [0.25, 0.3) is 0 Å². The number of likely N-dealkylation sites (tertiary alicyclic amines) is 1. The second-order valence-corrected chi connectivity index (χ2v) is 7.65. The average molecular weight is 348 g/mol. The normalized spacial score (nSPS) is 22.6. The third-order valence-corrected chi connectivity index (χ3v) is 5.74. The quantitative estimate of drug-likeness (QED) is 0.656. The van der Waals surface area contributed by atoms with Crippen LogP contribution in [0.15, 0.2) is 60.2 Å². The molecule has 1 heterocycles. The summed E-state index contributed by atoms with van der Waals surface area (Å²) in [7, 11) is 0. The molecule has 1 unspecified atom stereocenters. The van der Waals surface area contributed by atoms with Crippen LogP contribution < -0.4 is 0 Å². The molecule has 2 fully saturated rings. The van der Waals surface area contributed by atoms with E-state index in [-0.39, 0.29) is 0 Å². The molecular weight excluding hydrogens is 318 g/mol. The molecule has 1 aliphatic heterocycles. The fourth-order valence-electron chi connectivity index (χ4n) is 4.10. The van der Waals surface area contributed by atoms with E-state index in [0.717, 1.165) is 5.76 Å². The Hall–Kier alpha value is -2.06. The molecule has 4 rings (SSSR count). The number of hydrogen-bond acceptors (Lipinski definition) is 2. The van der Waals surface area contributed by atoms with Crippen molar-refractivity contribution in [2.75, 3.05) is 13.1 Å². The van der Waals surface area contributed by atoms with Crippen molar-refractivity contribution in [2.24, 2.45) is 0 Å². The van der Waals surface area contributed by atoms with Gasteiger partial charge in [0.2, 0.25) is 0 Å². The van der Waals surface area contributed by atoms with Gasteiger partial charge in [-0.05, 0) is 56.8 Å². The molecule has 1 saturated carbocycles. The number of hydrogen-bond donors (Lipinski definition) is 0. The molecule has 0 bridgehead atoms. The van der Waals surface area contributed by atoms with Gasteiger partial charge in [-0.3, -0.25) is 4.90 Å². The topological polar surface area (TPSA) is 12.5 Å². The first kappa shape index (κ1) is 17.4. The summed E-state index contributed by atoms with van der Waals surface area (Å²) in [5.41, 5.74) is 5.28. The monoisotopic (exact) mass is 347 g/mol. The first-order valence-electron chi connectivity index (χ1n) is 10.0. The average Bonchev–Trinajstić information content (AvgIpc) is 2.64. The van der Waals surface area contributed by atoms with Gasteiger partial charge in [0.1, 0.15) is 12.4 Å². The van der Waals surface area contributed by atoms with Gasteiger partial charge in [-0.2, -0.15) is 0 Å². The highest BCUT2D eigenvalue weighted by Crippen LogP contribution is 2.36.